The van der Waals surface area contributed by atoms with Crippen LogP contribution in [0.25, 0.3) is 0 Å². The van der Waals surface area contributed by atoms with E-state index in [0.29, 0.717) is 0 Å². The van der Waals surface area contributed by atoms with E-state index >= 15 is 0 Å². The second-order valence-corrected chi connectivity index (χ2v) is 18.0. The normalized spacial score (nSPS) is 45.7. The molecule has 72 heavy (non-hydrogen) atoms. The first-order chi connectivity index (χ1) is 33.9. The third kappa shape index (κ3) is 13.7. The number of hydrogen-bond donors (Lipinski definition) is 20. The zero-order valence-electron chi connectivity index (χ0n) is 38.9. The van der Waals surface area contributed by atoms with Gasteiger partial charge in [0.2, 0.25) is 11.8 Å². The summed E-state index contributed by atoms with van der Waals surface area (Å²) < 4.78 is 56.5. The van der Waals surface area contributed by atoms with Gasteiger partial charge < -0.3 is 150 Å². The van der Waals surface area contributed by atoms with Crippen LogP contribution in [0.4, 0.5) is 0 Å². The van der Waals surface area contributed by atoms with Crippen molar-refractivity contribution in [1.29, 1.82) is 0 Å². The molecule has 20 N–H and O–H groups in total. The molecular weight excluding hydrogens is 988 g/mol. The van der Waals surface area contributed by atoms with Crippen molar-refractivity contribution in [3.63, 3.8) is 0 Å². The van der Waals surface area contributed by atoms with Crippen LogP contribution < -0.4 is 10.6 Å². The fourth-order valence-corrected chi connectivity index (χ4v) is 8.74. The Labute approximate surface area is 409 Å². The number of aliphatic hydroxyl groups is 18. The Kier molecular flexibility index (Phi) is 22.5. The molecule has 420 valence electrons. The summed E-state index contributed by atoms with van der Waals surface area (Å²) in [4.78, 5) is 24.7. The predicted octanol–water partition coefficient (Wildman–Crippen LogP) is -13.1. The molecule has 0 aromatic rings. The number of rotatable bonds is 21. The summed E-state index contributed by atoms with van der Waals surface area (Å²) in [6.07, 6.45) is -50.7. The van der Waals surface area contributed by atoms with Crippen molar-refractivity contribution in [2.24, 2.45) is 0 Å². The molecule has 5 aliphatic rings. The lowest BCUT2D eigenvalue weighted by atomic mass is 9.95. The molecule has 0 aromatic heterocycles. The number of nitrogens with one attached hydrogen (secondary N) is 2. The molecule has 0 bridgehead atoms. The van der Waals surface area contributed by atoms with Crippen LogP contribution in [0.5, 0.6) is 0 Å². The van der Waals surface area contributed by atoms with Gasteiger partial charge in [-0.05, 0) is 6.92 Å². The highest BCUT2D eigenvalue weighted by atomic mass is 16.8. The quantitative estimate of drug-likeness (QED) is 0.0507. The van der Waals surface area contributed by atoms with Crippen LogP contribution in [0.1, 0.15) is 20.8 Å². The third-order valence-corrected chi connectivity index (χ3v) is 12.8. The topological polar surface area (TPSA) is 515 Å². The van der Waals surface area contributed by atoms with E-state index in [2.05, 4.69) is 10.6 Å². The molecule has 2 amide bonds. The van der Waals surface area contributed by atoms with Gasteiger partial charge in [-0.15, -0.1) is 0 Å². The highest BCUT2D eigenvalue weighted by Crippen LogP contribution is 2.35. The van der Waals surface area contributed by atoms with Gasteiger partial charge in [0.05, 0.1) is 51.8 Å². The van der Waals surface area contributed by atoms with E-state index in [-0.39, 0.29) is 0 Å². The zero-order valence-corrected chi connectivity index (χ0v) is 38.9. The SMILES string of the molecule is CC(=O)N[C@H]1[C@H](OC[C@@H](O)[C@H](O)[C@H](O[C@@H]2O[C@H](CO)[C@H](O)[C@H](O)[C@H]2O[C@@H]2O[C@@H](C)[C@@H](O)[C@@H](O)[C@@H]2O)[C@H](CO)NC(C)=O)O[C@H](CO)[C@@H](O[C@@H]2O[C@H](CO)[C@H](O)[C@H](O[C@H]3O[C@H](CO)[C@H](O)[C@H](O)[C@H]3O)[C@H]2O)[C@@H]1O. The van der Waals surface area contributed by atoms with E-state index in [4.69, 9.17) is 47.4 Å². The average molecular weight is 1060 g/mol. The number of amides is 2. The van der Waals surface area contributed by atoms with Crippen molar-refractivity contribution in [3.8, 4) is 0 Å². The lowest BCUT2D eigenvalue weighted by molar-refractivity contribution is -0.377. The first-order valence-electron chi connectivity index (χ1n) is 22.9. The maximum absolute atomic E-state index is 12.5. The van der Waals surface area contributed by atoms with E-state index in [9.17, 15) is 102 Å². The Morgan fingerprint density at radius 1 is 0.500 bits per heavy atom. The Morgan fingerprint density at radius 2 is 0.972 bits per heavy atom. The molecule has 5 rings (SSSR count). The number of ether oxygens (including phenoxy) is 10. The van der Waals surface area contributed by atoms with E-state index in [1.807, 2.05) is 0 Å². The molecule has 5 saturated heterocycles. The summed E-state index contributed by atoms with van der Waals surface area (Å²) in [5.74, 6) is -1.65. The van der Waals surface area contributed by atoms with Crippen molar-refractivity contribution < 1.29 is 149 Å². The van der Waals surface area contributed by atoms with E-state index < -0.39 is 229 Å². The van der Waals surface area contributed by atoms with Gasteiger partial charge in [0.1, 0.15) is 134 Å². The van der Waals surface area contributed by atoms with Gasteiger partial charge in [-0.3, -0.25) is 9.59 Å². The molecule has 5 aliphatic heterocycles. The number of hydrogen-bond acceptors (Lipinski definition) is 30. The Hall–Kier alpha value is -2.18. The van der Waals surface area contributed by atoms with Gasteiger partial charge in [0.25, 0.3) is 0 Å². The number of carbonyl (C=O) groups excluding carboxylic acids is 2. The van der Waals surface area contributed by atoms with Crippen LogP contribution in [0.15, 0.2) is 0 Å². The maximum Gasteiger partial charge on any atom is 0.217 e. The smallest absolute Gasteiger partial charge is 0.217 e. The minimum Gasteiger partial charge on any atom is -0.394 e. The van der Waals surface area contributed by atoms with E-state index in [1.54, 1.807) is 0 Å². The summed E-state index contributed by atoms with van der Waals surface area (Å²) in [7, 11) is 0. The van der Waals surface area contributed by atoms with Crippen molar-refractivity contribution in [1.82, 2.24) is 10.6 Å². The predicted molar refractivity (Wildman–Crippen MR) is 223 cm³/mol. The number of carbonyl (C=O) groups is 2. The average Bonchev–Trinajstić information content (AvgIpc) is 3.35. The first kappa shape index (κ1) is 60.7. The van der Waals surface area contributed by atoms with Crippen LogP contribution in [-0.2, 0) is 57.0 Å². The minimum absolute atomic E-state index is 0.817. The second-order valence-electron chi connectivity index (χ2n) is 18.0. The Morgan fingerprint density at radius 3 is 1.51 bits per heavy atom. The lowest BCUT2D eigenvalue weighted by Gasteiger charge is -2.49. The highest BCUT2D eigenvalue weighted by Gasteiger charge is 2.56. The van der Waals surface area contributed by atoms with Gasteiger partial charge in [-0.1, -0.05) is 0 Å². The molecule has 5 heterocycles. The van der Waals surface area contributed by atoms with Crippen LogP contribution >= 0.6 is 0 Å². The molecule has 0 spiro atoms. The molecule has 0 radical (unpaired) electrons. The fraction of sp³-hybridized carbons (Fsp3) is 0.950. The molecule has 32 heteroatoms. The molecule has 0 aliphatic carbocycles. The minimum atomic E-state index is -2.29. The summed E-state index contributed by atoms with van der Waals surface area (Å²) in [6, 6.07) is -3.38. The van der Waals surface area contributed by atoms with Crippen molar-refractivity contribution in [2.75, 3.05) is 39.6 Å². The lowest BCUT2D eigenvalue weighted by Crippen LogP contribution is -2.68. The van der Waals surface area contributed by atoms with Crippen molar-refractivity contribution >= 4 is 11.8 Å². The molecule has 0 saturated carbocycles. The fourth-order valence-electron chi connectivity index (χ4n) is 8.74. The third-order valence-electron chi connectivity index (χ3n) is 12.8. The zero-order chi connectivity index (χ0) is 53.6. The van der Waals surface area contributed by atoms with E-state index in [1.165, 1.54) is 6.92 Å². The van der Waals surface area contributed by atoms with Gasteiger partial charge in [-0.2, -0.15) is 0 Å². The molecule has 29 atom stereocenters. The summed E-state index contributed by atoms with van der Waals surface area (Å²) in [5.41, 5.74) is 0. The van der Waals surface area contributed by atoms with Gasteiger partial charge >= 0.3 is 0 Å². The molecule has 0 unspecified atom stereocenters. The van der Waals surface area contributed by atoms with Crippen molar-refractivity contribution in [3.05, 3.63) is 0 Å². The van der Waals surface area contributed by atoms with Gasteiger partial charge in [0.15, 0.2) is 31.5 Å². The van der Waals surface area contributed by atoms with Crippen LogP contribution in [0.3, 0.4) is 0 Å². The second kappa shape index (κ2) is 26.7. The van der Waals surface area contributed by atoms with Gasteiger partial charge in [0, 0.05) is 13.8 Å². The summed E-state index contributed by atoms with van der Waals surface area (Å²) in [5, 5.41) is 196. The highest BCUT2D eigenvalue weighted by molar-refractivity contribution is 5.73. The standard InChI is InChI=1S/C40H70N2O30/c1-10-20(51)26(57)29(60)37(64-10)72-35-28(59)23(54)16(6-45)67-40(35)69-32(13(4-43)41-11(2)48)21(52)14(50)9-63-36-19(42-12(3)49)25(56)33(18(8-47)68-36)70-39-31(62)34(24(55)17(7-46)66-39)71-38-30(61)27(58)22(53)15(5-44)65-38/h10,13-40,43-47,50-62H,4-9H2,1-3H3,(H,41,48)(H,42,49)/t10-,13-,14+,15+,16+,17+,18+,19+,20+,21-,22-,23-,24-,25+,26+,27-,28-,29-,30+,31+,32+,33+,34-,35+,36+,37-,38+,39-,40-/m0/s1. The molecule has 32 nitrogen and oxygen atoms in total. The molecule has 5 fully saturated rings. The first-order valence-corrected chi connectivity index (χ1v) is 22.9. The Bertz CT molecular complexity index is 1680. The van der Waals surface area contributed by atoms with Gasteiger partial charge in [-0.25, -0.2) is 0 Å². The van der Waals surface area contributed by atoms with Crippen LogP contribution in [0, 0.1) is 0 Å². The van der Waals surface area contributed by atoms with E-state index in [0.717, 1.165) is 13.8 Å². The Balaban J connectivity index is 1.34. The number of aliphatic hydroxyl groups excluding tert-OH is 18. The summed E-state index contributed by atoms with van der Waals surface area (Å²) >= 11 is 0. The largest absolute Gasteiger partial charge is 0.394 e. The van der Waals surface area contributed by atoms with Crippen LogP contribution in [0.2, 0.25) is 0 Å². The monoisotopic (exact) mass is 1060 g/mol. The van der Waals surface area contributed by atoms with Crippen LogP contribution in [-0.4, -0.2) is 321 Å². The summed E-state index contributed by atoms with van der Waals surface area (Å²) in [6.45, 7) is -2.56. The molecule has 0 aromatic carbocycles. The molecular formula is C40H70N2O30. The van der Waals surface area contributed by atoms with Crippen molar-refractivity contribution in [2.45, 2.75) is 199 Å². The maximum atomic E-state index is 12.5.